The van der Waals surface area contributed by atoms with E-state index in [1.165, 1.54) is 12.8 Å². The van der Waals surface area contributed by atoms with Crippen molar-refractivity contribution in [3.8, 4) is 0 Å². The first-order valence-corrected chi connectivity index (χ1v) is 3.07. The van der Waals surface area contributed by atoms with Crippen LogP contribution in [0.4, 0.5) is 0 Å². The molecule has 4 heteroatoms. The van der Waals surface area contributed by atoms with Crippen LogP contribution in [0.15, 0.2) is 0 Å². The fraction of sp³-hybridized carbons (Fsp3) is 1.00. The standard InChI is InChI=1S/C5H10O4/c6-8-9-7-5-3-1-2-4-5/h5-6H,1-4H2. The van der Waals surface area contributed by atoms with E-state index in [9.17, 15) is 0 Å². The van der Waals surface area contributed by atoms with E-state index in [2.05, 4.69) is 15.0 Å². The second-order valence-corrected chi connectivity index (χ2v) is 2.15. The predicted octanol–water partition coefficient (Wildman–Crippen LogP) is 1.28. The molecule has 0 saturated heterocycles. The smallest absolute Gasteiger partial charge is 0.0962 e. The van der Waals surface area contributed by atoms with Gasteiger partial charge in [-0.1, -0.05) is 12.8 Å². The highest BCUT2D eigenvalue weighted by Crippen LogP contribution is 2.20. The second kappa shape index (κ2) is 3.79. The molecule has 1 aliphatic rings. The fourth-order valence-corrected chi connectivity index (χ4v) is 1.06. The van der Waals surface area contributed by atoms with Gasteiger partial charge >= 0.3 is 0 Å². The Morgan fingerprint density at radius 3 is 2.44 bits per heavy atom. The van der Waals surface area contributed by atoms with Crippen molar-refractivity contribution in [2.24, 2.45) is 0 Å². The van der Waals surface area contributed by atoms with Gasteiger partial charge in [0.1, 0.15) is 0 Å². The molecule has 9 heavy (non-hydrogen) atoms. The van der Waals surface area contributed by atoms with Gasteiger partial charge in [-0.15, -0.1) is 0 Å². The molecule has 0 spiro atoms. The first-order chi connectivity index (χ1) is 4.43. The summed E-state index contributed by atoms with van der Waals surface area (Å²) in [4.78, 5) is 4.58. The molecule has 0 heterocycles. The van der Waals surface area contributed by atoms with Crippen molar-refractivity contribution >= 4 is 0 Å². The van der Waals surface area contributed by atoms with Crippen LogP contribution in [0.1, 0.15) is 25.7 Å². The van der Waals surface area contributed by atoms with E-state index in [1.807, 2.05) is 0 Å². The van der Waals surface area contributed by atoms with Gasteiger partial charge in [-0.05, 0) is 22.9 Å². The lowest BCUT2D eigenvalue weighted by Crippen LogP contribution is -2.07. The zero-order valence-electron chi connectivity index (χ0n) is 5.08. The molecule has 0 atom stereocenters. The van der Waals surface area contributed by atoms with Gasteiger partial charge in [-0.2, -0.15) is 0 Å². The molecule has 1 fully saturated rings. The van der Waals surface area contributed by atoms with Crippen LogP contribution in [-0.2, 0) is 15.0 Å². The van der Waals surface area contributed by atoms with Gasteiger partial charge in [-0.25, -0.2) is 10.1 Å². The van der Waals surface area contributed by atoms with Crippen LogP contribution in [0.5, 0.6) is 0 Å². The lowest BCUT2D eigenvalue weighted by atomic mass is 10.3. The Labute approximate surface area is 53.1 Å². The van der Waals surface area contributed by atoms with E-state index in [0.29, 0.717) is 0 Å². The van der Waals surface area contributed by atoms with Crippen molar-refractivity contribution in [2.45, 2.75) is 31.8 Å². The minimum atomic E-state index is 0.108. The summed E-state index contributed by atoms with van der Waals surface area (Å²) < 4.78 is 0. The van der Waals surface area contributed by atoms with E-state index in [4.69, 9.17) is 5.26 Å². The summed E-state index contributed by atoms with van der Waals surface area (Å²) in [5, 5.41) is 14.8. The fourth-order valence-electron chi connectivity index (χ4n) is 1.06. The van der Waals surface area contributed by atoms with Crippen LogP contribution in [0.25, 0.3) is 0 Å². The molecule has 1 N–H and O–H groups in total. The molecule has 0 unspecified atom stereocenters. The highest BCUT2D eigenvalue weighted by Gasteiger charge is 2.16. The third-order valence-corrected chi connectivity index (χ3v) is 1.51. The van der Waals surface area contributed by atoms with Crippen LogP contribution in [-0.4, -0.2) is 11.4 Å². The van der Waals surface area contributed by atoms with E-state index in [0.717, 1.165) is 12.8 Å². The summed E-state index contributed by atoms with van der Waals surface area (Å²) in [5.74, 6) is 0. The lowest BCUT2D eigenvalue weighted by Gasteiger charge is -2.03. The summed E-state index contributed by atoms with van der Waals surface area (Å²) in [6.07, 6.45) is 4.42. The van der Waals surface area contributed by atoms with Crippen LogP contribution >= 0.6 is 0 Å². The lowest BCUT2D eigenvalue weighted by molar-refractivity contribution is -0.631. The average molecular weight is 134 g/mol. The first kappa shape index (κ1) is 6.95. The van der Waals surface area contributed by atoms with E-state index in [1.54, 1.807) is 0 Å². The molecule has 1 aliphatic carbocycles. The highest BCUT2D eigenvalue weighted by molar-refractivity contribution is 4.64. The van der Waals surface area contributed by atoms with Crippen molar-refractivity contribution in [3.63, 3.8) is 0 Å². The van der Waals surface area contributed by atoms with Gasteiger partial charge in [0.25, 0.3) is 0 Å². The third-order valence-electron chi connectivity index (χ3n) is 1.51. The first-order valence-electron chi connectivity index (χ1n) is 3.07. The van der Waals surface area contributed by atoms with Crippen molar-refractivity contribution < 1.29 is 20.2 Å². The van der Waals surface area contributed by atoms with Crippen molar-refractivity contribution in [3.05, 3.63) is 0 Å². The molecule has 1 saturated carbocycles. The zero-order chi connectivity index (χ0) is 6.53. The van der Waals surface area contributed by atoms with Gasteiger partial charge in [0.15, 0.2) is 0 Å². The van der Waals surface area contributed by atoms with Crippen LogP contribution in [0.3, 0.4) is 0 Å². The van der Waals surface area contributed by atoms with Gasteiger partial charge in [-0.3, -0.25) is 0 Å². The minimum Gasteiger partial charge on any atom is -0.219 e. The van der Waals surface area contributed by atoms with Crippen LogP contribution in [0.2, 0.25) is 0 Å². The minimum absolute atomic E-state index is 0.108. The van der Waals surface area contributed by atoms with Crippen molar-refractivity contribution in [1.29, 1.82) is 0 Å². The second-order valence-electron chi connectivity index (χ2n) is 2.15. The topological polar surface area (TPSA) is 47.9 Å². The SMILES string of the molecule is OOOOC1CCCC1. The molecule has 0 radical (unpaired) electrons. The Morgan fingerprint density at radius 2 is 1.89 bits per heavy atom. The number of hydrogen-bond donors (Lipinski definition) is 1. The van der Waals surface area contributed by atoms with Crippen LogP contribution in [0, 0.1) is 0 Å². The third kappa shape index (κ3) is 2.28. The summed E-state index contributed by atoms with van der Waals surface area (Å²) in [6.45, 7) is 0. The molecule has 0 aliphatic heterocycles. The zero-order valence-corrected chi connectivity index (χ0v) is 5.08. The molecular formula is C5H10O4. The molecule has 0 bridgehead atoms. The Morgan fingerprint density at radius 1 is 1.22 bits per heavy atom. The normalized spacial score (nSPS) is 21.0. The van der Waals surface area contributed by atoms with Gasteiger partial charge in [0, 0.05) is 0 Å². The maximum absolute atomic E-state index is 7.68. The Kier molecular flexibility index (Phi) is 2.93. The largest absolute Gasteiger partial charge is 0.219 e. The predicted molar refractivity (Wildman–Crippen MR) is 28.1 cm³/mol. The van der Waals surface area contributed by atoms with Crippen LogP contribution < -0.4 is 0 Å². The maximum atomic E-state index is 7.68. The number of rotatable bonds is 3. The van der Waals surface area contributed by atoms with Crippen molar-refractivity contribution in [1.82, 2.24) is 0 Å². The summed E-state index contributed by atoms with van der Waals surface area (Å²) in [5.41, 5.74) is 0. The Bertz CT molecular complexity index is 69.4. The molecule has 4 nitrogen and oxygen atoms in total. The van der Waals surface area contributed by atoms with E-state index >= 15 is 0 Å². The Hall–Kier alpha value is -0.160. The molecule has 0 aromatic rings. The summed E-state index contributed by atoms with van der Waals surface area (Å²) in [6, 6.07) is 0. The maximum Gasteiger partial charge on any atom is 0.0962 e. The summed E-state index contributed by atoms with van der Waals surface area (Å²) >= 11 is 0. The molecule has 0 aromatic carbocycles. The molecule has 0 aromatic heterocycles. The number of hydrogen-bond acceptors (Lipinski definition) is 4. The quantitative estimate of drug-likeness (QED) is 0.466. The van der Waals surface area contributed by atoms with E-state index in [-0.39, 0.29) is 6.10 Å². The van der Waals surface area contributed by atoms with Crippen molar-refractivity contribution in [2.75, 3.05) is 0 Å². The molecule has 0 amide bonds. The molecule has 1 rings (SSSR count). The Balaban J connectivity index is 1.98. The van der Waals surface area contributed by atoms with Gasteiger partial charge < -0.3 is 0 Å². The van der Waals surface area contributed by atoms with E-state index < -0.39 is 0 Å². The monoisotopic (exact) mass is 134 g/mol. The van der Waals surface area contributed by atoms with Gasteiger partial charge in [0.05, 0.1) is 6.10 Å². The molecular weight excluding hydrogens is 124 g/mol. The average Bonchev–Trinajstić information content (AvgIpc) is 2.34. The summed E-state index contributed by atoms with van der Waals surface area (Å²) in [7, 11) is 0. The molecule has 54 valence electrons. The van der Waals surface area contributed by atoms with Gasteiger partial charge in [0.2, 0.25) is 0 Å². The highest BCUT2D eigenvalue weighted by atomic mass is 17.6.